The molecule has 0 aromatic heterocycles. The van der Waals surface area contributed by atoms with Gasteiger partial charge in [0.25, 0.3) is 0 Å². The summed E-state index contributed by atoms with van der Waals surface area (Å²) in [4.78, 5) is 23.5. The summed E-state index contributed by atoms with van der Waals surface area (Å²) in [5, 5.41) is 0. The molecule has 0 N–H and O–H groups in total. The summed E-state index contributed by atoms with van der Waals surface area (Å²) in [6.07, 6.45) is 0.663. The van der Waals surface area contributed by atoms with Crippen LogP contribution in [0.2, 0.25) is 0 Å². The number of hydrogen-bond acceptors (Lipinski definition) is 4. The lowest BCUT2D eigenvalue weighted by atomic mass is 10.1. The lowest BCUT2D eigenvalue weighted by Gasteiger charge is -2.21. The van der Waals surface area contributed by atoms with Crippen molar-refractivity contribution in [3.05, 3.63) is 35.9 Å². The van der Waals surface area contributed by atoms with E-state index >= 15 is 0 Å². The van der Waals surface area contributed by atoms with Gasteiger partial charge in [-0.15, -0.1) is 0 Å². The van der Waals surface area contributed by atoms with Gasteiger partial charge < -0.3 is 9.47 Å². The van der Waals surface area contributed by atoms with Crippen molar-refractivity contribution in [2.45, 2.75) is 52.7 Å². The number of carbonyl (C=O) groups is 2. The zero-order valence-electron chi connectivity index (χ0n) is 13.2. The Bertz CT molecular complexity index is 453. The van der Waals surface area contributed by atoms with Gasteiger partial charge in [0.2, 0.25) is 0 Å². The van der Waals surface area contributed by atoms with E-state index in [0.29, 0.717) is 18.4 Å². The number of ether oxygens (including phenoxy) is 2. The molecule has 0 radical (unpaired) electrons. The topological polar surface area (TPSA) is 52.6 Å². The Balaban J connectivity index is 2.51. The second kappa shape index (κ2) is 8.45. The van der Waals surface area contributed by atoms with Crippen LogP contribution in [0.5, 0.6) is 0 Å². The number of esters is 2. The third kappa shape index (κ3) is 5.98. The van der Waals surface area contributed by atoms with E-state index in [1.165, 1.54) is 0 Å². The molecule has 0 amide bonds. The average molecular weight is 292 g/mol. The number of benzene rings is 1. The Morgan fingerprint density at radius 3 is 2.19 bits per heavy atom. The van der Waals surface area contributed by atoms with Crippen LogP contribution in [-0.4, -0.2) is 24.1 Å². The number of rotatable bonds is 7. The normalized spacial score (nSPS) is 13.6. The maximum Gasteiger partial charge on any atom is 0.338 e. The summed E-state index contributed by atoms with van der Waals surface area (Å²) >= 11 is 0. The van der Waals surface area contributed by atoms with Gasteiger partial charge in [0, 0.05) is 6.42 Å². The summed E-state index contributed by atoms with van der Waals surface area (Å²) in [7, 11) is 0. The fourth-order valence-corrected chi connectivity index (χ4v) is 1.84. The number of hydrogen-bond donors (Lipinski definition) is 0. The second-order valence-electron chi connectivity index (χ2n) is 5.44. The quantitative estimate of drug-likeness (QED) is 0.720. The molecule has 0 bridgehead atoms. The predicted molar refractivity (Wildman–Crippen MR) is 80.9 cm³/mol. The van der Waals surface area contributed by atoms with Gasteiger partial charge in [-0.05, 0) is 25.5 Å². The van der Waals surface area contributed by atoms with Gasteiger partial charge in [0.05, 0.1) is 11.5 Å². The van der Waals surface area contributed by atoms with Crippen LogP contribution in [0.4, 0.5) is 0 Å². The van der Waals surface area contributed by atoms with E-state index in [9.17, 15) is 9.59 Å². The van der Waals surface area contributed by atoms with E-state index in [1.807, 2.05) is 19.9 Å². The van der Waals surface area contributed by atoms with E-state index in [-0.39, 0.29) is 30.1 Å². The van der Waals surface area contributed by atoms with Crippen molar-refractivity contribution in [3.63, 3.8) is 0 Å². The molecule has 0 spiro atoms. The van der Waals surface area contributed by atoms with Gasteiger partial charge in [-0.3, -0.25) is 4.79 Å². The highest BCUT2D eigenvalue weighted by atomic mass is 16.6. The second-order valence-corrected chi connectivity index (χ2v) is 5.44. The highest BCUT2D eigenvalue weighted by Crippen LogP contribution is 2.14. The molecule has 2 unspecified atom stereocenters. The first kappa shape index (κ1) is 17.2. The zero-order chi connectivity index (χ0) is 15.8. The van der Waals surface area contributed by atoms with Crippen LogP contribution in [0, 0.1) is 5.92 Å². The molecule has 0 saturated carbocycles. The van der Waals surface area contributed by atoms with Gasteiger partial charge in [0.15, 0.2) is 0 Å². The van der Waals surface area contributed by atoms with E-state index in [4.69, 9.17) is 9.47 Å². The maximum atomic E-state index is 12.0. The van der Waals surface area contributed by atoms with Crippen molar-refractivity contribution >= 4 is 11.9 Å². The molecule has 0 heterocycles. The molecule has 1 rings (SSSR count). The lowest BCUT2D eigenvalue weighted by molar-refractivity contribution is -0.153. The maximum absolute atomic E-state index is 12.0. The highest BCUT2D eigenvalue weighted by molar-refractivity contribution is 5.89. The average Bonchev–Trinajstić information content (AvgIpc) is 2.47. The summed E-state index contributed by atoms with van der Waals surface area (Å²) in [6, 6.07) is 8.88. The van der Waals surface area contributed by atoms with Gasteiger partial charge in [-0.2, -0.15) is 0 Å². The fourth-order valence-electron chi connectivity index (χ4n) is 1.84. The van der Waals surface area contributed by atoms with Crippen molar-refractivity contribution in [2.75, 3.05) is 0 Å². The summed E-state index contributed by atoms with van der Waals surface area (Å²) in [5.74, 6) is -0.726. The van der Waals surface area contributed by atoms with Crippen LogP contribution in [0.25, 0.3) is 0 Å². The molecule has 4 nitrogen and oxygen atoms in total. The molecule has 116 valence electrons. The van der Waals surface area contributed by atoms with Gasteiger partial charge >= 0.3 is 11.9 Å². The summed E-state index contributed by atoms with van der Waals surface area (Å²) in [6.45, 7) is 7.35. The predicted octanol–water partition coefficient (Wildman–Crippen LogP) is 3.60. The molecular formula is C17H24O4. The van der Waals surface area contributed by atoms with Gasteiger partial charge in [0.1, 0.15) is 12.2 Å². The Hall–Kier alpha value is -1.84. The summed E-state index contributed by atoms with van der Waals surface area (Å²) in [5.41, 5.74) is 0.530. The fraction of sp³-hybridized carbons (Fsp3) is 0.529. The Kier molecular flexibility index (Phi) is 6.92. The smallest absolute Gasteiger partial charge is 0.338 e. The Labute approximate surface area is 126 Å². The van der Waals surface area contributed by atoms with Gasteiger partial charge in [-0.1, -0.05) is 39.0 Å². The molecule has 0 fully saturated rings. The molecule has 1 aromatic carbocycles. The minimum Gasteiger partial charge on any atom is -0.462 e. The van der Waals surface area contributed by atoms with Crippen molar-refractivity contribution in [1.82, 2.24) is 0 Å². The van der Waals surface area contributed by atoms with Gasteiger partial charge in [-0.25, -0.2) is 4.79 Å². The molecule has 1 aromatic rings. The monoisotopic (exact) mass is 292 g/mol. The van der Waals surface area contributed by atoms with Crippen LogP contribution in [0.15, 0.2) is 30.3 Å². The van der Waals surface area contributed by atoms with Crippen molar-refractivity contribution in [1.29, 1.82) is 0 Å². The lowest BCUT2D eigenvalue weighted by Crippen LogP contribution is -2.26. The molecule has 21 heavy (non-hydrogen) atoms. The minimum atomic E-state index is -0.343. The molecule has 2 atom stereocenters. The van der Waals surface area contributed by atoms with E-state index in [1.54, 1.807) is 38.1 Å². The molecular weight excluding hydrogens is 268 g/mol. The first-order valence-corrected chi connectivity index (χ1v) is 7.40. The molecule has 0 aliphatic rings. The van der Waals surface area contributed by atoms with E-state index < -0.39 is 0 Å². The number of carbonyl (C=O) groups excluding carboxylic acids is 2. The SMILES string of the molecule is CCC(CC(C)OC(=O)C(C)C)OC(=O)c1ccccc1. The summed E-state index contributed by atoms with van der Waals surface area (Å²) < 4.78 is 10.8. The third-order valence-electron chi connectivity index (χ3n) is 3.12. The molecule has 0 saturated heterocycles. The third-order valence-corrected chi connectivity index (χ3v) is 3.12. The van der Waals surface area contributed by atoms with Crippen molar-refractivity contribution in [2.24, 2.45) is 5.92 Å². The van der Waals surface area contributed by atoms with Crippen LogP contribution >= 0.6 is 0 Å². The van der Waals surface area contributed by atoms with E-state index in [0.717, 1.165) is 0 Å². The molecule has 0 aliphatic carbocycles. The van der Waals surface area contributed by atoms with Crippen LogP contribution in [0.3, 0.4) is 0 Å². The first-order chi connectivity index (χ1) is 9.93. The first-order valence-electron chi connectivity index (χ1n) is 7.40. The minimum absolute atomic E-state index is 0.153. The zero-order valence-corrected chi connectivity index (χ0v) is 13.2. The molecule has 4 heteroatoms. The van der Waals surface area contributed by atoms with Crippen LogP contribution in [0.1, 0.15) is 50.9 Å². The largest absolute Gasteiger partial charge is 0.462 e. The van der Waals surface area contributed by atoms with Crippen molar-refractivity contribution in [3.8, 4) is 0 Å². The van der Waals surface area contributed by atoms with Crippen molar-refractivity contribution < 1.29 is 19.1 Å². The highest BCUT2D eigenvalue weighted by Gasteiger charge is 2.20. The Morgan fingerprint density at radius 2 is 1.67 bits per heavy atom. The standard InChI is InChI=1S/C17H24O4/c1-5-15(11-13(4)20-16(18)12(2)3)21-17(19)14-9-7-6-8-10-14/h6-10,12-13,15H,5,11H2,1-4H3. The van der Waals surface area contributed by atoms with Crippen LogP contribution < -0.4 is 0 Å². The van der Waals surface area contributed by atoms with E-state index in [2.05, 4.69) is 0 Å². The Morgan fingerprint density at radius 1 is 1.05 bits per heavy atom. The molecule has 0 aliphatic heterocycles. The van der Waals surface area contributed by atoms with Crippen LogP contribution in [-0.2, 0) is 14.3 Å².